The highest BCUT2D eigenvalue weighted by Gasteiger charge is 2.48. The first-order valence-electron chi connectivity index (χ1n) is 14.7. The van der Waals surface area contributed by atoms with Crippen LogP contribution in [-0.2, 0) is 0 Å². The molecule has 2 aliphatic rings. The van der Waals surface area contributed by atoms with Crippen molar-refractivity contribution in [3.05, 3.63) is 78.2 Å². The van der Waals surface area contributed by atoms with Gasteiger partial charge in [0.05, 0.1) is 18.2 Å². The predicted molar refractivity (Wildman–Crippen MR) is 164 cm³/mol. The van der Waals surface area contributed by atoms with Gasteiger partial charge < -0.3 is 24.1 Å². The van der Waals surface area contributed by atoms with Crippen LogP contribution in [0.2, 0.25) is 0 Å². The van der Waals surface area contributed by atoms with Gasteiger partial charge in [-0.25, -0.2) is 0 Å². The van der Waals surface area contributed by atoms with E-state index in [4.69, 9.17) is 18.7 Å². The van der Waals surface area contributed by atoms with Crippen LogP contribution in [0.15, 0.2) is 71.4 Å². The van der Waals surface area contributed by atoms with E-state index in [1.165, 1.54) is 12.8 Å². The molecule has 2 aliphatic carbocycles. The molecule has 0 bridgehead atoms. The van der Waals surface area contributed by atoms with Crippen LogP contribution in [0.4, 0.5) is 5.82 Å². The Morgan fingerprint density at radius 2 is 1.91 bits per heavy atom. The van der Waals surface area contributed by atoms with Crippen LogP contribution in [-0.4, -0.2) is 53.8 Å². The highest BCUT2D eigenvalue weighted by Crippen LogP contribution is 2.45. The lowest BCUT2D eigenvalue weighted by atomic mass is 10.0. The van der Waals surface area contributed by atoms with Gasteiger partial charge in [0.15, 0.2) is 17.3 Å². The number of carbonyl (C=O) groups excluding carboxylic acids is 1. The lowest BCUT2D eigenvalue weighted by molar-refractivity contribution is 0.102. The first kappa shape index (κ1) is 27.2. The van der Waals surface area contributed by atoms with Crippen LogP contribution in [0.3, 0.4) is 0 Å². The molecule has 0 atom stereocenters. The molecule has 0 saturated heterocycles. The predicted octanol–water partition coefficient (Wildman–Crippen LogP) is 6.99. The number of amides is 1. The maximum absolute atomic E-state index is 13.0. The normalized spacial score (nSPS) is 15.5. The van der Waals surface area contributed by atoms with Crippen molar-refractivity contribution in [3.8, 4) is 23.0 Å². The quantitative estimate of drug-likeness (QED) is 0.179. The van der Waals surface area contributed by atoms with E-state index in [1.54, 1.807) is 32.4 Å². The zero-order valence-electron chi connectivity index (χ0n) is 24.6. The third-order valence-corrected chi connectivity index (χ3v) is 8.54. The minimum absolute atomic E-state index is 0.118. The van der Waals surface area contributed by atoms with Crippen molar-refractivity contribution in [1.29, 1.82) is 0 Å². The first-order valence-corrected chi connectivity index (χ1v) is 14.7. The van der Waals surface area contributed by atoms with Crippen molar-refractivity contribution in [3.63, 3.8) is 0 Å². The molecule has 7 rings (SSSR count). The maximum atomic E-state index is 13.0. The number of nitrogens with zero attached hydrogens (tertiary/aromatic N) is 3. The highest BCUT2D eigenvalue weighted by molar-refractivity contribution is 6.12. The number of aromatic nitrogens is 2. The molecule has 1 amide bonds. The Bertz CT molecular complexity index is 1830. The monoisotopic (exact) mass is 578 g/mol. The molecule has 0 spiro atoms. The number of rotatable bonds is 11. The Balaban J connectivity index is 1.11. The summed E-state index contributed by atoms with van der Waals surface area (Å²) >= 11 is 0. The fourth-order valence-corrected chi connectivity index (χ4v) is 5.62. The standard InChI is InChI=1S/C34H34N4O5/c1-21-15-32(37-43-21)36-33(39)26-6-4-5-23-16-24(9-10-25(23)26)42-29-11-14-35-28-18-31(30(40-3)17-27(28)29)41-20-34(12-13-34)38(2)19-22-7-8-22/h4-6,9-11,14-18,22H,7-8,12-13,19-20H2,1-3H3,(H,36,37,39). The second-order valence-electron chi connectivity index (χ2n) is 11.7. The number of fused-ring (bicyclic) bond motifs is 2. The average molecular weight is 579 g/mol. The number of methoxy groups -OCH3 is 1. The van der Waals surface area contributed by atoms with Crippen molar-refractivity contribution >= 4 is 33.4 Å². The molecule has 1 N–H and O–H groups in total. The number of hydrogen-bond donors (Lipinski definition) is 1. The largest absolute Gasteiger partial charge is 0.493 e. The van der Waals surface area contributed by atoms with Crippen molar-refractivity contribution in [1.82, 2.24) is 15.0 Å². The third-order valence-electron chi connectivity index (χ3n) is 8.54. The Morgan fingerprint density at radius 3 is 2.65 bits per heavy atom. The summed E-state index contributed by atoms with van der Waals surface area (Å²) in [4.78, 5) is 20.1. The van der Waals surface area contributed by atoms with Gasteiger partial charge in [-0.15, -0.1) is 0 Å². The highest BCUT2D eigenvalue weighted by atomic mass is 16.5. The van der Waals surface area contributed by atoms with Crippen LogP contribution in [0.1, 0.15) is 41.8 Å². The summed E-state index contributed by atoms with van der Waals surface area (Å²) in [7, 11) is 3.87. The van der Waals surface area contributed by atoms with Crippen molar-refractivity contribution in [2.45, 2.75) is 38.1 Å². The molecule has 3 aromatic carbocycles. The summed E-state index contributed by atoms with van der Waals surface area (Å²) in [6.45, 7) is 3.55. The SMILES string of the molecule is COc1cc2c(Oc3ccc4c(C(=O)Nc5cc(C)on5)cccc4c3)ccnc2cc1OCC1(N(C)CC2CC2)CC1. The molecule has 2 aromatic heterocycles. The van der Waals surface area contributed by atoms with Gasteiger partial charge in [0.25, 0.3) is 5.91 Å². The smallest absolute Gasteiger partial charge is 0.257 e. The van der Waals surface area contributed by atoms with Crippen LogP contribution in [0, 0.1) is 12.8 Å². The van der Waals surface area contributed by atoms with E-state index in [1.807, 2.05) is 48.5 Å². The third kappa shape index (κ3) is 5.60. The zero-order chi connectivity index (χ0) is 29.6. The molecular formula is C34H34N4O5. The molecule has 220 valence electrons. The van der Waals surface area contributed by atoms with Crippen molar-refractivity contribution in [2.24, 2.45) is 5.92 Å². The minimum atomic E-state index is -0.264. The van der Waals surface area contributed by atoms with Gasteiger partial charge in [-0.2, -0.15) is 0 Å². The molecule has 5 aromatic rings. The number of anilines is 1. The molecule has 2 saturated carbocycles. The van der Waals surface area contributed by atoms with Gasteiger partial charge >= 0.3 is 0 Å². The fraction of sp³-hybridized carbons (Fsp3) is 0.324. The summed E-state index contributed by atoms with van der Waals surface area (Å²) in [6.07, 6.45) is 6.73. The van der Waals surface area contributed by atoms with E-state index < -0.39 is 0 Å². The first-order chi connectivity index (χ1) is 20.9. The Morgan fingerprint density at radius 1 is 1.05 bits per heavy atom. The molecular weight excluding hydrogens is 544 g/mol. The molecule has 0 unspecified atom stereocenters. The van der Waals surface area contributed by atoms with Crippen LogP contribution in [0.5, 0.6) is 23.0 Å². The summed E-state index contributed by atoms with van der Waals surface area (Å²) in [5.41, 5.74) is 1.41. The molecule has 9 heteroatoms. The number of likely N-dealkylation sites (N-methyl/N-ethyl adjacent to an activating group) is 1. The number of aryl methyl sites for hydroxylation is 1. The van der Waals surface area contributed by atoms with E-state index in [0.717, 1.165) is 47.0 Å². The van der Waals surface area contributed by atoms with Gasteiger partial charge in [0, 0.05) is 35.8 Å². The Hall–Kier alpha value is -4.63. The number of ether oxygens (including phenoxy) is 3. The lowest BCUT2D eigenvalue weighted by Gasteiger charge is -2.28. The van der Waals surface area contributed by atoms with Gasteiger partial charge in [-0.05, 0) is 92.7 Å². The molecule has 2 fully saturated rings. The van der Waals surface area contributed by atoms with Gasteiger partial charge in [0.2, 0.25) is 0 Å². The summed E-state index contributed by atoms with van der Waals surface area (Å²) in [5, 5.41) is 9.13. The number of pyridine rings is 1. The van der Waals surface area contributed by atoms with Gasteiger partial charge in [0.1, 0.15) is 23.9 Å². The van der Waals surface area contributed by atoms with E-state index in [2.05, 4.69) is 27.4 Å². The summed E-state index contributed by atoms with van der Waals surface area (Å²) in [6, 6.07) is 18.6. The van der Waals surface area contributed by atoms with Gasteiger partial charge in [-0.1, -0.05) is 17.3 Å². The molecule has 0 radical (unpaired) electrons. The second kappa shape index (κ2) is 10.9. The van der Waals surface area contributed by atoms with Gasteiger partial charge in [-0.3, -0.25) is 14.7 Å². The van der Waals surface area contributed by atoms with Crippen LogP contribution in [0.25, 0.3) is 21.7 Å². The Kier molecular flexibility index (Phi) is 6.89. The molecule has 43 heavy (non-hydrogen) atoms. The lowest BCUT2D eigenvalue weighted by Crippen LogP contribution is -2.40. The molecule has 9 nitrogen and oxygen atoms in total. The van der Waals surface area contributed by atoms with E-state index in [-0.39, 0.29) is 11.4 Å². The molecule has 0 aliphatic heterocycles. The number of hydrogen-bond acceptors (Lipinski definition) is 8. The summed E-state index contributed by atoms with van der Waals surface area (Å²) < 4.78 is 23.5. The van der Waals surface area contributed by atoms with E-state index in [9.17, 15) is 4.79 Å². The Labute approximate surface area is 249 Å². The second-order valence-corrected chi connectivity index (χ2v) is 11.7. The maximum Gasteiger partial charge on any atom is 0.257 e. The van der Waals surface area contributed by atoms with Crippen LogP contribution >= 0.6 is 0 Å². The number of benzene rings is 3. The zero-order valence-corrected chi connectivity index (χ0v) is 24.6. The minimum Gasteiger partial charge on any atom is -0.493 e. The average Bonchev–Trinajstić information content (AvgIpc) is 3.95. The van der Waals surface area contributed by atoms with Crippen molar-refractivity contribution < 1.29 is 23.5 Å². The van der Waals surface area contributed by atoms with E-state index in [0.29, 0.717) is 46.7 Å². The fourth-order valence-electron chi connectivity index (χ4n) is 5.62. The topological polar surface area (TPSA) is 99.0 Å². The van der Waals surface area contributed by atoms with Crippen LogP contribution < -0.4 is 19.5 Å². The van der Waals surface area contributed by atoms with Crippen molar-refractivity contribution in [2.75, 3.05) is 32.6 Å². The summed E-state index contributed by atoms with van der Waals surface area (Å²) in [5.74, 6) is 4.19. The number of nitrogens with one attached hydrogen (secondary N) is 1. The molecule has 2 heterocycles. The number of carbonyl (C=O) groups is 1. The van der Waals surface area contributed by atoms with E-state index >= 15 is 0 Å².